The van der Waals surface area contributed by atoms with Gasteiger partial charge in [0.1, 0.15) is 5.75 Å². The van der Waals surface area contributed by atoms with Gasteiger partial charge in [0.15, 0.2) is 11.5 Å². The number of ether oxygens (including phenoxy) is 4. The van der Waals surface area contributed by atoms with Crippen LogP contribution in [0.4, 0.5) is 0 Å². The molecule has 0 aromatic heterocycles. The minimum absolute atomic E-state index is 0.302. The molecule has 0 saturated heterocycles. The molecule has 0 amide bonds. The van der Waals surface area contributed by atoms with Gasteiger partial charge in [-0.2, -0.15) is 0 Å². The predicted molar refractivity (Wildman–Crippen MR) is 81.4 cm³/mol. The van der Waals surface area contributed by atoms with Crippen LogP contribution in [0.25, 0.3) is 0 Å². The van der Waals surface area contributed by atoms with Crippen molar-refractivity contribution in [1.82, 2.24) is 5.32 Å². The number of nitrogens with one attached hydrogen (secondary N) is 1. The van der Waals surface area contributed by atoms with Crippen molar-refractivity contribution in [2.75, 3.05) is 28.4 Å². The van der Waals surface area contributed by atoms with E-state index in [1.165, 1.54) is 6.42 Å². The molecule has 118 valence electrons. The lowest BCUT2D eigenvalue weighted by Crippen LogP contribution is -2.36. The molecule has 0 spiro atoms. The third-order valence-corrected chi connectivity index (χ3v) is 4.10. The third kappa shape index (κ3) is 3.60. The molecule has 2 unspecified atom stereocenters. The molecule has 1 aromatic rings. The Labute approximate surface area is 126 Å². The largest absolute Gasteiger partial charge is 0.496 e. The lowest BCUT2D eigenvalue weighted by molar-refractivity contribution is 0.0846. The van der Waals surface area contributed by atoms with E-state index in [4.69, 9.17) is 18.9 Å². The van der Waals surface area contributed by atoms with Crippen LogP contribution < -0.4 is 19.5 Å². The molecule has 2 atom stereocenters. The average molecular weight is 295 g/mol. The van der Waals surface area contributed by atoms with Gasteiger partial charge < -0.3 is 24.3 Å². The summed E-state index contributed by atoms with van der Waals surface area (Å²) in [5, 5.41) is 3.56. The van der Waals surface area contributed by atoms with E-state index in [1.54, 1.807) is 28.4 Å². The van der Waals surface area contributed by atoms with Crippen LogP contribution in [0.15, 0.2) is 12.1 Å². The summed E-state index contributed by atoms with van der Waals surface area (Å²) in [6.07, 6.45) is 3.78. The van der Waals surface area contributed by atoms with Crippen molar-refractivity contribution in [3.05, 3.63) is 17.7 Å². The Morgan fingerprint density at radius 3 is 2.24 bits per heavy atom. The maximum atomic E-state index is 5.51. The molecule has 5 heteroatoms. The maximum absolute atomic E-state index is 5.51. The van der Waals surface area contributed by atoms with Crippen molar-refractivity contribution >= 4 is 0 Å². The van der Waals surface area contributed by atoms with Crippen molar-refractivity contribution in [1.29, 1.82) is 0 Å². The Balaban J connectivity index is 2.11. The molecule has 2 rings (SSSR count). The van der Waals surface area contributed by atoms with Gasteiger partial charge >= 0.3 is 0 Å². The first kappa shape index (κ1) is 15.9. The summed E-state index contributed by atoms with van der Waals surface area (Å²) >= 11 is 0. The molecule has 1 saturated carbocycles. The lowest BCUT2D eigenvalue weighted by Gasteiger charge is -2.21. The smallest absolute Gasteiger partial charge is 0.164 e. The summed E-state index contributed by atoms with van der Waals surface area (Å²) < 4.78 is 21.6. The van der Waals surface area contributed by atoms with E-state index < -0.39 is 0 Å². The Bertz CT molecular complexity index is 464. The monoisotopic (exact) mass is 295 g/mol. The van der Waals surface area contributed by atoms with Gasteiger partial charge in [-0.25, -0.2) is 0 Å². The van der Waals surface area contributed by atoms with Crippen LogP contribution in [0, 0.1) is 0 Å². The number of rotatable bonds is 7. The zero-order chi connectivity index (χ0) is 15.2. The minimum atomic E-state index is 0.302. The van der Waals surface area contributed by atoms with Gasteiger partial charge in [0.2, 0.25) is 0 Å². The standard InChI is InChI=1S/C16H25NO4/c1-18-13-7-5-6-12(13)17-10-11-8-15(20-3)16(21-4)9-14(11)19-2/h8-9,12-13,17H,5-7,10H2,1-4H3. The van der Waals surface area contributed by atoms with Crippen molar-refractivity contribution in [2.45, 2.75) is 38.0 Å². The number of benzene rings is 1. The van der Waals surface area contributed by atoms with Gasteiger partial charge in [0.25, 0.3) is 0 Å². The van der Waals surface area contributed by atoms with E-state index in [1.807, 2.05) is 12.1 Å². The second-order valence-corrected chi connectivity index (χ2v) is 5.21. The Morgan fingerprint density at radius 1 is 0.952 bits per heavy atom. The van der Waals surface area contributed by atoms with Gasteiger partial charge in [-0.15, -0.1) is 0 Å². The minimum Gasteiger partial charge on any atom is -0.496 e. The highest BCUT2D eigenvalue weighted by Gasteiger charge is 2.26. The quantitative estimate of drug-likeness (QED) is 0.837. The van der Waals surface area contributed by atoms with Crippen molar-refractivity contribution < 1.29 is 18.9 Å². The molecule has 0 aliphatic heterocycles. The van der Waals surface area contributed by atoms with Crippen LogP contribution in [0.2, 0.25) is 0 Å². The predicted octanol–water partition coefficient (Wildman–Crippen LogP) is 2.37. The fourth-order valence-corrected chi connectivity index (χ4v) is 2.91. The first-order valence-corrected chi connectivity index (χ1v) is 7.28. The molecule has 21 heavy (non-hydrogen) atoms. The van der Waals surface area contributed by atoms with Gasteiger partial charge in [-0.05, 0) is 25.3 Å². The molecule has 1 aromatic carbocycles. The summed E-state index contributed by atoms with van der Waals surface area (Å²) in [4.78, 5) is 0. The van der Waals surface area contributed by atoms with Crippen LogP contribution in [-0.2, 0) is 11.3 Å². The number of methoxy groups -OCH3 is 4. The van der Waals surface area contributed by atoms with E-state index in [0.29, 0.717) is 30.2 Å². The Kier molecular flexibility index (Phi) is 5.70. The molecule has 1 aliphatic carbocycles. The zero-order valence-corrected chi connectivity index (χ0v) is 13.3. The van der Waals surface area contributed by atoms with E-state index in [2.05, 4.69) is 5.32 Å². The van der Waals surface area contributed by atoms with Crippen molar-refractivity contribution in [2.24, 2.45) is 0 Å². The van der Waals surface area contributed by atoms with Gasteiger partial charge in [-0.3, -0.25) is 0 Å². The molecular formula is C16H25NO4. The van der Waals surface area contributed by atoms with Gasteiger partial charge in [0, 0.05) is 31.3 Å². The highest BCUT2D eigenvalue weighted by molar-refractivity contribution is 5.50. The van der Waals surface area contributed by atoms with E-state index in [9.17, 15) is 0 Å². The van der Waals surface area contributed by atoms with Crippen LogP contribution in [0.3, 0.4) is 0 Å². The first-order valence-electron chi connectivity index (χ1n) is 7.28. The molecular weight excluding hydrogens is 270 g/mol. The second kappa shape index (κ2) is 7.52. The zero-order valence-electron chi connectivity index (χ0n) is 13.3. The fourth-order valence-electron chi connectivity index (χ4n) is 2.91. The number of hydrogen-bond donors (Lipinski definition) is 1. The molecule has 0 heterocycles. The molecule has 5 nitrogen and oxygen atoms in total. The van der Waals surface area contributed by atoms with Crippen LogP contribution >= 0.6 is 0 Å². The van der Waals surface area contributed by atoms with Crippen molar-refractivity contribution in [3.63, 3.8) is 0 Å². The Hall–Kier alpha value is -1.46. The molecule has 0 bridgehead atoms. The summed E-state index contributed by atoms with van der Waals surface area (Å²) in [7, 11) is 6.70. The van der Waals surface area contributed by atoms with Gasteiger partial charge in [0.05, 0.1) is 27.4 Å². The molecule has 0 radical (unpaired) electrons. The van der Waals surface area contributed by atoms with Crippen LogP contribution in [-0.4, -0.2) is 40.6 Å². The first-order chi connectivity index (χ1) is 10.2. The highest BCUT2D eigenvalue weighted by Crippen LogP contribution is 2.34. The molecule has 1 fully saturated rings. The van der Waals surface area contributed by atoms with E-state index in [0.717, 1.165) is 24.2 Å². The van der Waals surface area contributed by atoms with Gasteiger partial charge in [-0.1, -0.05) is 0 Å². The maximum Gasteiger partial charge on any atom is 0.164 e. The van der Waals surface area contributed by atoms with E-state index in [-0.39, 0.29) is 0 Å². The lowest BCUT2D eigenvalue weighted by atomic mass is 10.1. The summed E-state index contributed by atoms with van der Waals surface area (Å²) in [6.45, 7) is 0.716. The second-order valence-electron chi connectivity index (χ2n) is 5.21. The van der Waals surface area contributed by atoms with Crippen molar-refractivity contribution in [3.8, 4) is 17.2 Å². The topological polar surface area (TPSA) is 49.0 Å². The molecule has 1 aliphatic rings. The normalized spacial score (nSPS) is 21.3. The third-order valence-electron chi connectivity index (χ3n) is 4.10. The SMILES string of the molecule is COc1cc(OC)c(OC)cc1CNC1CCCC1OC. The van der Waals surface area contributed by atoms with E-state index >= 15 is 0 Å². The van der Waals surface area contributed by atoms with Crippen LogP contribution in [0.5, 0.6) is 17.2 Å². The average Bonchev–Trinajstić information content (AvgIpc) is 2.99. The summed E-state index contributed by atoms with van der Waals surface area (Å²) in [5.74, 6) is 2.19. The fraction of sp³-hybridized carbons (Fsp3) is 0.625. The number of hydrogen-bond acceptors (Lipinski definition) is 5. The van der Waals surface area contributed by atoms with Crippen LogP contribution in [0.1, 0.15) is 24.8 Å². The molecule has 1 N–H and O–H groups in total. The highest BCUT2D eigenvalue weighted by atomic mass is 16.5. The summed E-state index contributed by atoms with van der Waals surface area (Å²) in [6, 6.07) is 4.22. The summed E-state index contributed by atoms with van der Waals surface area (Å²) in [5.41, 5.74) is 1.05. The Morgan fingerprint density at radius 2 is 1.62 bits per heavy atom.